The molecule has 4 rings (SSSR count). The molecule has 0 atom stereocenters. The summed E-state index contributed by atoms with van der Waals surface area (Å²) >= 11 is 0. The molecule has 4 aromatic carbocycles. The maximum atomic E-state index is 12.4. The summed E-state index contributed by atoms with van der Waals surface area (Å²) in [5.41, 5.74) is 1.15. The van der Waals surface area contributed by atoms with E-state index >= 15 is 0 Å². The number of ether oxygens (including phenoxy) is 3. The molecule has 2 amide bonds. The molecule has 0 aromatic heterocycles. The molecule has 36 heavy (non-hydrogen) atoms. The molecule has 0 unspecified atom stereocenters. The van der Waals surface area contributed by atoms with E-state index in [1.807, 2.05) is 48.5 Å². The van der Waals surface area contributed by atoms with Gasteiger partial charge in [0.25, 0.3) is 5.91 Å². The van der Waals surface area contributed by atoms with Gasteiger partial charge in [-0.1, -0.05) is 54.6 Å². The summed E-state index contributed by atoms with van der Waals surface area (Å²) in [5.74, 6) is 1.40. The third-order valence-electron chi connectivity index (χ3n) is 5.41. The van der Waals surface area contributed by atoms with Crippen molar-refractivity contribution in [3.05, 3.63) is 91.0 Å². The maximum absolute atomic E-state index is 12.4. The highest BCUT2D eigenvalue weighted by molar-refractivity contribution is 5.94. The van der Waals surface area contributed by atoms with Crippen LogP contribution in [0.25, 0.3) is 10.8 Å². The number of para-hydroxylation sites is 2. The number of amides is 2. The lowest BCUT2D eigenvalue weighted by Crippen LogP contribution is -2.20. The van der Waals surface area contributed by atoms with Crippen molar-refractivity contribution in [1.82, 2.24) is 0 Å². The van der Waals surface area contributed by atoms with Crippen LogP contribution >= 0.6 is 0 Å². The minimum atomic E-state index is -0.324. The molecule has 0 saturated carbocycles. The van der Waals surface area contributed by atoms with Crippen LogP contribution in [-0.2, 0) is 9.59 Å². The van der Waals surface area contributed by atoms with Crippen LogP contribution in [-0.4, -0.2) is 32.1 Å². The largest absolute Gasteiger partial charge is 0.493 e. The van der Waals surface area contributed by atoms with Gasteiger partial charge in [-0.05, 0) is 48.2 Å². The van der Waals surface area contributed by atoms with Gasteiger partial charge in [0.15, 0.2) is 18.1 Å². The zero-order valence-electron chi connectivity index (χ0n) is 20.0. The van der Waals surface area contributed by atoms with Gasteiger partial charge < -0.3 is 24.8 Å². The summed E-state index contributed by atoms with van der Waals surface area (Å²) < 4.78 is 16.7. The van der Waals surface area contributed by atoms with Crippen LogP contribution in [0, 0.1) is 0 Å². The number of nitrogens with one attached hydrogen (secondary N) is 2. The van der Waals surface area contributed by atoms with Gasteiger partial charge >= 0.3 is 0 Å². The highest BCUT2D eigenvalue weighted by atomic mass is 16.5. The second-order valence-corrected chi connectivity index (χ2v) is 8.05. The van der Waals surface area contributed by atoms with Crippen molar-refractivity contribution >= 4 is 34.0 Å². The molecule has 0 heterocycles. The summed E-state index contributed by atoms with van der Waals surface area (Å²) in [6.07, 6.45) is 0.889. The summed E-state index contributed by atoms with van der Waals surface area (Å²) in [7, 11) is 1.54. The van der Waals surface area contributed by atoms with Gasteiger partial charge in [-0.25, -0.2) is 0 Å². The smallest absolute Gasteiger partial charge is 0.262 e. The van der Waals surface area contributed by atoms with E-state index in [9.17, 15) is 9.59 Å². The minimum absolute atomic E-state index is 0.125. The first kappa shape index (κ1) is 24.6. The number of methoxy groups -OCH3 is 1. The quantitative estimate of drug-likeness (QED) is 0.268. The van der Waals surface area contributed by atoms with Gasteiger partial charge in [-0.15, -0.1) is 0 Å². The Labute approximate surface area is 210 Å². The van der Waals surface area contributed by atoms with Crippen molar-refractivity contribution in [2.24, 2.45) is 0 Å². The predicted octanol–water partition coefficient (Wildman–Crippen LogP) is 5.66. The van der Waals surface area contributed by atoms with E-state index in [0.29, 0.717) is 42.3 Å². The van der Waals surface area contributed by atoms with E-state index in [4.69, 9.17) is 14.2 Å². The summed E-state index contributed by atoms with van der Waals surface area (Å²) in [6, 6.07) is 28.1. The fourth-order valence-electron chi connectivity index (χ4n) is 3.71. The zero-order chi connectivity index (χ0) is 25.2. The molecule has 184 valence electrons. The van der Waals surface area contributed by atoms with Crippen LogP contribution in [0.3, 0.4) is 0 Å². The van der Waals surface area contributed by atoms with E-state index in [1.165, 1.54) is 0 Å². The number of carbonyl (C=O) groups excluding carboxylic acids is 2. The van der Waals surface area contributed by atoms with E-state index < -0.39 is 0 Å². The van der Waals surface area contributed by atoms with Crippen LogP contribution in [0.15, 0.2) is 91.0 Å². The van der Waals surface area contributed by atoms with Crippen LogP contribution in [0.1, 0.15) is 12.8 Å². The highest BCUT2D eigenvalue weighted by Crippen LogP contribution is 2.26. The number of hydrogen-bond donors (Lipinski definition) is 2. The molecule has 0 fully saturated rings. The van der Waals surface area contributed by atoms with Gasteiger partial charge in [0.05, 0.1) is 13.7 Å². The van der Waals surface area contributed by atoms with Gasteiger partial charge in [-0.3, -0.25) is 9.59 Å². The maximum Gasteiger partial charge on any atom is 0.262 e. The number of carbonyl (C=O) groups is 2. The average molecular weight is 485 g/mol. The number of rotatable bonds is 11. The SMILES string of the molecule is COc1ccccc1OCC(=O)Nc1cccc(NC(=O)CCCOc2cccc3ccccc23)c1. The zero-order valence-corrected chi connectivity index (χ0v) is 20.0. The van der Waals surface area contributed by atoms with E-state index in [1.54, 1.807) is 49.6 Å². The van der Waals surface area contributed by atoms with Crippen molar-refractivity contribution < 1.29 is 23.8 Å². The third-order valence-corrected chi connectivity index (χ3v) is 5.41. The molecule has 4 aromatic rings. The van der Waals surface area contributed by atoms with Crippen molar-refractivity contribution in [2.45, 2.75) is 12.8 Å². The molecule has 0 aliphatic heterocycles. The highest BCUT2D eigenvalue weighted by Gasteiger charge is 2.09. The standard InChI is InChI=1S/C29H28N2O5/c1-34-26-14-4-5-15-27(26)36-20-29(33)31-23-12-7-11-22(19-23)30-28(32)17-8-18-35-25-16-6-10-21-9-2-3-13-24(21)25/h2-7,9-16,19H,8,17-18,20H2,1H3,(H,30,32)(H,31,33). The lowest BCUT2D eigenvalue weighted by atomic mass is 10.1. The molecule has 0 saturated heterocycles. The molecule has 2 N–H and O–H groups in total. The molecule has 0 radical (unpaired) electrons. The van der Waals surface area contributed by atoms with Crippen LogP contribution < -0.4 is 24.8 Å². The van der Waals surface area contributed by atoms with Gasteiger partial charge in [0.1, 0.15) is 5.75 Å². The fraction of sp³-hybridized carbons (Fsp3) is 0.172. The normalized spacial score (nSPS) is 10.5. The second-order valence-electron chi connectivity index (χ2n) is 8.05. The first-order chi connectivity index (χ1) is 17.6. The molecule has 0 aliphatic rings. The predicted molar refractivity (Wildman–Crippen MR) is 141 cm³/mol. The third kappa shape index (κ3) is 6.76. The Bertz CT molecular complexity index is 1330. The van der Waals surface area contributed by atoms with E-state index in [0.717, 1.165) is 16.5 Å². The van der Waals surface area contributed by atoms with Gasteiger partial charge in [0, 0.05) is 23.2 Å². The molecule has 7 nitrogen and oxygen atoms in total. The van der Waals surface area contributed by atoms with Crippen LogP contribution in [0.4, 0.5) is 11.4 Å². The first-order valence-corrected chi connectivity index (χ1v) is 11.7. The average Bonchev–Trinajstić information content (AvgIpc) is 2.90. The molecular weight excluding hydrogens is 456 g/mol. The molecular formula is C29H28N2O5. The number of anilines is 2. The topological polar surface area (TPSA) is 85.9 Å². The van der Waals surface area contributed by atoms with Crippen molar-refractivity contribution in [3.8, 4) is 17.2 Å². The lowest BCUT2D eigenvalue weighted by Gasteiger charge is -2.12. The number of fused-ring (bicyclic) bond motifs is 1. The number of benzene rings is 4. The Balaban J connectivity index is 1.22. The van der Waals surface area contributed by atoms with Crippen LogP contribution in [0.2, 0.25) is 0 Å². The first-order valence-electron chi connectivity index (χ1n) is 11.7. The van der Waals surface area contributed by atoms with Crippen LogP contribution in [0.5, 0.6) is 17.2 Å². The van der Waals surface area contributed by atoms with Crippen molar-refractivity contribution in [2.75, 3.05) is 31.0 Å². The Kier molecular flexibility index (Phi) is 8.38. The summed E-state index contributed by atoms with van der Waals surface area (Å²) in [4.78, 5) is 24.7. The Morgan fingerprint density at radius 1 is 0.694 bits per heavy atom. The van der Waals surface area contributed by atoms with Gasteiger partial charge in [-0.2, -0.15) is 0 Å². The Hall–Kier alpha value is -4.52. The second kappa shape index (κ2) is 12.3. The van der Waals surface area contributed by atoms with Gasteiger partial charge in [0.2, 0.25) is 5.91 Å². The lowest BCUT2D eigenvalue weighted by molar-refractivity contribution is -0.118. The molecule has 0 aliphatic carbocycles. The Morgan fingerprint density at radius 3 is 2.14 bits per heavy atom. The molecule has 0 bridgehead atoms. The monoisotopic (exact) mass is 484 g/mol. The molecule has 7 heteroatoms. The van der Waals surface area contributed by atoms with Crippen molar-refractivity contribution in [1.29, 1.82) is 0 Å². The van der Waals surface area contributed by atoms with E-state index in [2.05, 4.69) is 10.6 Å². The fourth-order valence-corrected chi connectivity index (χ4v) is 3.71. The Morgan fingerprint density at radius 2 is 1.33 bits per heavy atom. The van der Waals surface area contributed by atoms with E-state index in [-0.39, 0.29) is 18.4 Å². The van der Waals surface area contributed by atoms with Crippen molar-refractivity contribution in [3.63, 3.8) is 0 Å². The number of hydrogen-bond acceptors (Lipinski definition) is 5. The summed E-state index contributed by atoms with van der Waals surface area (Å²) in [6.45, 7) is 0.261. The minimum Gasteiger partial charge on any atom is -0.493 e. The summed E-state index contributed by atoms with van der Waals surface area (Å²) in [5, 5.41) is 7.80. The molecule has 0 spiro atoms.